The Morgan fingerprint density at radius 1 is 0.583 bits per heavy atom. The van der Waals surface area contributed by atoms with Crippen LogP contribution in [0.2, 0.25) is 0 Å². The zero-order valence-corrected chi connectivity index (χ0v) is 16.0. The number of aryl methyl sites for hydroxylation is 4. The lowest BCUT2D eigenvalue weighted by molar-refractivity contribution is 0.467. The highest BCUT2D eigenvalue weighted by molar-refractivity contribution is 6.95. The van der Waals surface area contributed by atoms with Crippen molar-refractivity contribution < 1.29 is 5.11 Å². The lowest BCUT2D eigenvalue weighted by Gasteiger charge is -2.19. The van der Waals surface area contributed by atoms with Gasteiger partial charge in [-0.15, -0.1) is 0 Å². The smallest absolute Gasteiger partial charge is 0.133 e. The Balaban J connectivity index is 2.18. The first kappa shape index (κ1) is 16.5. The minimum atomic E-state index is -1.54. The van der Waals surface area contributed by atoms with Crippen LogP contribution < -0.4 is 15.6 Å². The maximum Gasteiger partial charge on any atom is 0.133 e. The summed E-state index contributed by atoms with van der Waals surface area (Å²) in [5.74, 6) is 0.416. The van der Waals surface area contributed by atoms with Crippen LogP contribution in [0.25, 0.3) is 0 Å². The van der Waals surface area contributed by atoms with Gasteiger partial charge < -0.3 is 5.11 Å². The van der Waals surface area contributed by atoms with Crippen LogP contribution >= 0.6 is 0 Å². The predicted octanol–water partition coefficient (Wildman–Crippen LogP) is 2.87. The van der Waals surface area contributed by atoms with Gasteiger partial charge in [0, 0.05) is 0 Å². The molecule has 0 heterocycles. The molecule has 1 N–H and O–H groups in total. The Hall–Kier alpha value is -2.32. The van der Waals surface area contributed by atoms with Gasteiger partial charge in [-0.2, -0.15) is 0 Å². The fourth-order valence-corrected chi connectivity index (χ4v) is 6.39. The first-order valence-electron chi connectivity index (χ1n) is 8.39. The van der Waals surface area contributed by atoms with Gasteiger partial charge in [0.2, 0.25) is 0 Å². The first-order chi connectivity index (χ1) is 11.5. The fourth-order valence-electron chi connectivity index (χ4n) is 3.25. The molecule has 1 nitrogen and oxygen atoms in total. The summed E-state index contributed by atoms with van der Waals surface area (Å²) in [6.07, 6.45) is 0. The molecule has 3 aromatic rings. The molecule has 0 atom stereocenters. The molecule has 24 heavy (non-hydrogen) atoms. The van der Waals surface area contributed by atoms with Gasteiger partial charge in [-0.1, -0.05) is 87.4 Å². The molecule has 0 aliphatic rings. The van der Waals surface area contributed by atoms with Crippen molar-refractivity contribution in [1.29, 1.82) is 0 Å². The van der Waals surface area contributed by atoms with Gasteiger partial charge in [0.15, 0.2) is 0 Å². The third-order valence-electron chi connectivity index (χ3n) is 4.67. The molecular weight excluding hydrogens is 308 g/mol. The third-order valence-corrected chi connectivity index (χ3v) is 7.77. The average Bonchev–Trinajstić information content (AvgIpc) is 2.56. The van der Waals surface area contributed by atoms with Crippen LogP contribution in [0.4, 0.5) is 0 Å². The summed E-state index contributed by atoms with van der Waals surface area (Å²) in [4.78, 5) is 0. The maximum atomic E-state index is 10.1. The molecule has 0 unspecified atom stereocenters. The average molecular weight is 333 g/mol. The molecule has 0 fully saturated rings. The van der Waals surface area contributed by atoms with E-state index in [1.807, 2.05) is 13.8 Å². The standard InChI is InChI=1S/C22H24OSi/c1-15-5-9-19(10-6-15)24(20-11-7-16(2)8-12-20)21-13-17(3)22(23)18(4)14-21/h5-14,23-24H,1-4H3. The van der Waals surface area contributed by atoms with E-state index in [-0.39, 0.29) is 0 Å². The zero-order chi connectivity index (χ0) is 17.3. The lowest BCUT2D eigenvalue weighted by Crippen LogP contribution is -2.52. The number of phenolic OH excluding ortho intramolecular Hbond substituents is 1. The van der Waals surface area contributed by atoms with Crippen LogP contribution in [0, 0.1) is 27.7 Å². The molecule has 0 aliphatic carbocycles. The minimum absolute atomic E-state index is 0.416. The summed E-state index contributed by atoms with van der Waals surface area (Å²) in [5, 5.41) is 14.3. The second-order valence-corrected chi connectivity index (χ2v) is 9.62. The number of hydrogen-bond donors (Lipinski definition) is 1. The van der Waals surface area contributed by atoms with Gasteiger partial charge in [-0.3, -0.25) is 0 Å². The molecule has 0 bridgehead atoms. The number of phenols is 1. The number of rotatable bonds is 3. The number of aromatic hydroxyl groups is 1. The zero-order valence-electron chi connectivity index (χ0n) is 14.8. The van der Waals surface area contributed by atoms with E-state index in [2.05, 4.69) is 74.5 Å². The van der Waals surface area contributed by atoms with Crippen LogP contribution in [0.3, 0.4) is 0 Å². The van der Waals surface area contributed by atoms with Crippen molar-refractivity contribution in [2.24, 2.45) is 0 Å². The van der Waals surface area contributed by atoms with Crippen LogP contribution in [0.5, 0.6) is 5.75 Å². The highest BCUT2D eigenvalue weighted by atomic mass is 28.3. The summed E-state index contributed by atoms with van der Waals surface area (Å²) < 4.78 is 0. The lowest BCUT2D eigenvalue weighted by atomic mass is 10.1. The van der Waals surface area contributed by atoms with Crippen LogP contribution in [0.15, 0.2) is 60.7 Å². The van der Waals surface area contributed by atoms with E-state index in [0.717, 1.165) is 11.1 Å². The number of benzene rings is 3. The van der Waals surface area contributed by atoms with E-state index < -0.39 is 8.80 Å². The molecule has 3 rings (SSSR count). The second kappa shape index (κ2) is 6.66. The summed E-state index contributed by atoms with van der Waals surface area (Å²) >= 11 is 0. The quantitative estimate of drug-likeness (QED) is 0.578. The highest BCUT2D eigenvalue weighted by Crippen LogP contribution is 2.19. The van der Waals surface area contributed by atoms with Crippen molar-refractivity contribution in [3.8, 4) is 5.75 Å². The molecule has 0 saturated heterocycles. The van der Waals surface area contributed by atoms with Gasteiger partial charge in [0.25, 0.3) is 0 Å². The summed E-state index contributed by atoms with van der Waals surface area (Å²) in [7, 11) is -1.54. The molecule has 2 heteroatoms. The van der Waals surface area contributed by atoms with E-state index in [1.165, 1.54) is 26.7 Å². The first-order valence-corrected chi connectivity index (χ1v) is 10.1. The van der Waals surface area contributed by atoms with Crippen molar-refractivity contribution in [3.05, 3.63) is 82.9 Å². The van der Waals surface area contributed by atoms with Gasteiger partial charge >= 0.3 is 0 Å². The molecule has 0 radical (unpaired) electrons. The Bertz CT molecular complexity index is 780. The molecule has 0 aromatic heterocycles. The van der Waals surface area contributed by atoms with Crippen LogP contribution in [-0.4, -0.2) is 13.9 Å². The summed E-state index contributed by atoms with van der Waals surface area (Å²) in [6.45, 7) is 8.23. The highest BCUT2D eigenvalue weighted by Gasteiger charge is 2.20. The van der Waals surface area contributed by atoms with Crippen LogP contribution in [0.1, 0.15) is 22.3 Å². The van der Waals surface area contributed by atoms with E-state index in [0.29, 0.717) is 5.75 Å². The fraction of sp³-hybridized carbons (Fsp3) is 0.182. The second-order valence-electron chi connectivity index (χ2n) is 6.76. The normalized spacial score (nSPS) is 11.0. The van der Waals surface area contributed by atoms with Crippen molar-refractivity contribution in [2.45, 2.75) is 27.7 Å². The number of hydrogen-bond acceptors (Lipinski definition) is 1. The van der Waals surface area contributed by atoms with E-state index in [1.54, 1.807) is 0 Å². The largest absolute Gasteiger partial charge is 0.507 e. The monoisotopic (exact) mass is 332 g/mol. The van der Waals surface area contributed by atoms with Crippen LogP contribution in [-0.2, 0) is 0 Å². The van der Waals surface area contributed by atoms with Gasteiger partial charge in [-0.25, -0.2) is 0 Å². The Morgan fingerprint density at radius 2 is 0.958 bits per heavy atom. The van der Waals surface area contributed by atoms with E-state index in [9.17, 15) is 5.11 Å². The van der Waals surface area contributed by atoms with Crippen molar-refractivity contribution >= 4 is 24.4 Å². The molecule has 122 valence electrons. The Morgan fingerprint density at radius 3 is 1.33 bits per heavy atom. The Kier molecular flexibility index (Phi) is 4.59. The molecule has 3 aromatic carbocycles. The summed E-state index contributed by atoms with van der Waals surface area (Å²) in [6, 6.07) is 22.2. The molecular formula is C22H24OSi. The van der Waals surface area contributed by atoms with E-state index in [4.69, 9.17) is 0 Å². The Labute approximate surface area is 146 Å². The summed E-state index contributed by atoms with van der Waals surface area (Å²) in [5.41, 5.74) is 4.49. The van der Waals surface area contributed by atoms with E-state index >= 15 is 0 Å². The molecule has 0 aliphatic heterocycles. The molecule has 0 spiro atoms. The van der Waals surface area contributed by atoms with Gasteiger partial charge in [0.1, 0.15) is 14.5 Å². The SMILES string of the molecule is Cc1ccc([SiH](c2ccc(C)cc2)c2cc(C)c(O)c(C)c2)cc1. The van der Waals surface area contributed by atoms with Gasteiger partial charge in [-0.05, 0) is 38.8 Å². The predicted molar refractivity (Wildman–Crippen MR) is 106 cm³/mol. The van der Waals surface area contributed by atoms with Crippen molar-refractivity contribution in [2.75, 3.05) is 0 Å². The van der Waals surface area contributed by atoms with Crippen molar-refractivity contribution in [1.82, 2.24) is 0 Å². The van der Waals surface area contributed by atoms with Gasteiger partial charge in [0.05, 0.1) is 0 Å². The molecule has 0 saturated carbocycles. The molecule has 0 amide bonds. The van der Waals surface area contributed by atoms with Crippen molar-refractivity contribution in [3.63, 3.8) is 0 Å². The minimum Gasteiger partial charge on any atom is -0.507 e. The maximum absolute atomic E-state index is 10.1. The third kappa shape index (κ3) is 3.29. The topological polar surface area (TPSA) is 20.2 Å².